The van der Waals surface area contributed by atoms with Crippen molar-refractivity contribution < 1.29 is 23.8 Å². The number of methoxy groups -OCH3 is 1. The second-order valence-electron chi connectivity index (χ2n) is 7.48. The van der Waals surface area contributed by atoms with Gasteiger partial charge in [0, 0.05) is 25.5 Å². The molecule has 1 aliphatic heterocycles. The smallest absolute Gasteiger partial charge is 0.255 e. The summed E-state index contributed by atoms with van der Waals surface area (Å²) in [5, 5.41) is 13.0. The normalized spacial score (nSPS) is 19.1. The average molecular weight is 413 g/mol. The van der Waals surface area contributed by atoms with Gasteiger partial charge in [-0.05, 0) is 42.7 Å². The van der Waals surface area contributed by atoms with Crippen molar-refractivity contribution in [1.82, 2.24) is 14.9 Å². The molecule has 158 valence electrons. The molecular formula is C22H24FN3O4. The number of amides is 1. The van der Waals surface area contributed by atoms with E-state index in [1.165, 1.54) is 13.2 Å². The Kier molecular flexibility index (Phi) is 5.69. The van der Waals surface area contributed by atoms with Crippen LogP contribution in [0.5, 0.6) is 5.75 Å². The third-order valence-corrected chi connectivity index (χ3v) is 5.41. The highest BCUT2D eigenvalue weighted by molar-refractivity contribution is 6.06. The Bertz CT molecular complexity index is 1080. The predicted octanol–water partition coefficient (Wildman–Crippen LogP) is 2.42. The molecular weight excluding hydrogens is 389 g/mol. The predicted molar refractivity (Wildman–Crippen MR) is 109 cm³/mol. The molecule has 3 aromatic rings. The van der Waals surface area contributed by atoms with Crippen LogP contribution >= 0.6 is 0 Å². The first-order valence-electron chi connectivity index (χ1n) is 9.81. The lowest BCUT2D eigenvalue weighted by atomic mass is 10.1. The van der Waals surface area contributed by atoms with E-state index in [2.05, 4.69) is 10.3 Å². The lowest BCUT2D eigenvalue weighted by Crippen LogP contribution is -2.48. The van der Waals surface area contributed by atoms with E-state index in [0.717, 1.165) is 16.6 Å². The molecule has 2 atom stereocenters. The van der Waals surface area contributed by atoms with Crippen molar-refractivity contribution >= 4 is 16.9 Å². The third kappa shape index (κ3) is 3.88. The number of pyridine rings is 1. The van der Waals surface area contributed by atoms with Gasteiger partial charge in [0.1, 0.15) is 5.52 Å². The van der Waals surface area contributed by atoms with E-state index in [0.29, 0.717) is 30.7 Å². The molecule has 4 rings (SSSR count). The minimum Gasteiger partial charge on any atom is -0.494 e. The number of benzene rings is 1. The summed E-state index contributed by atoms with van der Waals surface area (Å²) in [5.41, 5.74) is 3.50. The molecule has 1 unspecified atom stereocenters. The molecule has 1 fully saturated rings. The summed E-state index contributed by atoms with van der Waals surface area (Å²) in [4.78, 5) is 17.4. The van der Waals surface area contributed by atoms with E-state index < -0.39 is 11.9 Å². The summed E-state index contributed by atoms with van der Waals surface area (Å²) < 4.78 is 26.2. The highest BCUT2D eigenvalue weighted by Gasteiger charge is 2.27. The van der Waals surface area contributed by atoms with Crippen molar-refractivity contribution in [2.45, 2.75) is 32.0 Å². The van der Waals surface area contributed by atoms with E-state index in [1.807, 2.05) is 17.6 Å². The average Bonchev–Trinajstić information content (AvgIpc) is 3.10. The summed E-state index contributed by atoms with van der Waals surface area (Å²) in [6, 6.07) is 6.30. The van der Waals surface area contributed by atoms with Crippen LogP contribution in [0.15, 0.2) is 36.7 Å². The number of aliphatic hydroxyl groups excluding tert-OH is 1. The Morgan fingerprint density at radius 1 is 1.43 bits per heavy atom. The van der Waals surface area contributed by atoms with Crippen LogP contribution in [0.3, 0.4) is 0 Å². The van der Waals surface area contributed by atoms with Gasteiger partial charge in [0.25, 0.3) is 5.91 Å². The van der Waals surface area contributed by atoms with E-state index in [4.69, 9.17) is 9.47 Å². The Labute approximate surface area is 173 Å². The lowest BCUT2D eigenvalue weighted by Gasteiger charge is -2.28. The molecule has 1 saturated heterocycles. The number of aromatic nitrogens is 2. The molecule has 0 saturated carbocycles. The standard InChI is InChI=1S/C22H24FN3O4/c1-13-5-7-24-20-15(22(28)25-17-6-8-30-12-18(17)27)11-26(21(13)20)10-14-3-4-19(29-2)16(23)9-14/h3-5,7,9,11,17-18,27H,6,8,10,12H2,1-2H3,(H,25,28)/t17?,18-/m0/s1. The van der Waals surface area contributed by atoms with Crippen molar-refractivity contribution in [3.05, 3.63) is 59.2 Å². The highest BCUT2D eigenvalue weighted by atomic mass is 19.1. The summed E-state index contributed by atoms with van der Waals surface area (Å²) >= 11 is 0. The lowest BCUT2D eigenvalue weighted by molar-refractivity contribution is -0.0260. The maximum Gasteiger partial charge on any atom is 0.255 e. The van der Waals surface area contributed by atoms with Crippen LogP contribution in [-0.4, -0.2) is 53.0 Å². The fourth-order valence-electron chi connectivity index (χ4n) is 3.82. The van der Waals surface area contributed by atoms with Gasteiger partial charge in [0.15, 0.2) is 11.6 Å². The molecule has 8 heteroatoms. The van der Waals surface area contributed by atoms with Crippen LogP contribution in [0, 0.1) is 12.7 Å². The van der Waals surface area contributed by atoms with Crippen molar-refractivity contribution in [3.63, 3.8) is 0 Å². The molecule has 2 N–H and O–H groups in total. The van der Waals surface area contributed by atoms with E-state index in [9.17, 15) is 14.3 Å². The Morgan fingerprint density at radius 2 is 2.27 bits per heavy atom. The first-order chi connectivity index (χ1) is 14.5. The van der Waals surface area contributed by atoms with Crippen molar-refractivity contribution in [2.24, 2.45) is 0 Å². The molecule has 1 aromatic carbocycles. The Balaban J connectivity index is 1.67. The number of halogens is 1. The van der Waals surface area contributed by atoms with Gasteiger partial charge in [0.2, 0.25) is 0 Å². The van der Waals surface area contributed by atoms with E-state index in [-0.39, 0.29) is 24.3 Å². The molecule has 7 nitrogen and oxygen atoms in total. The summed E-state index contributed by atoms with van der Waals surface area (Å²) in [6.07, 6.45) is 3.19. The van der Waals surface area contributed by atoms with Crippen LogP contribution in [0.2, 0.25) is 0 Å². The van der Waals surface area contributed by atoms with Crippen molar-refractivity contribution in [1.29, 1.82) is 0 Å². The van der Waals surface area contributed by atoms with Crippen LogP contribution in [0.25, 0.3) is 11.0 Å². The number of hydrogen-bond donors (Lipinski definition) is 2. The zero-order chi connectivity index (χ0) is 21.3. The zero-order valence-corrected chi connectivity index (χ0v) is 16.9. The topological polar surface area (TPSA) is 85.6 Å². The van der Waals surface area contributed by atoms with Crippen LogP contribution < -0.4 is 10.1 Å². The minimum atomic E-state index is -0.743. The zero-order valence-electron chi connectivity index (χ0n) is 16.9. The summed E-state index contributed by atoms with van der Waals surface area (Å²) in [5.74, 6) is -0.555. The van der Waals surface area contributed by atoms with Crippen molar-refractivity contribution in [2.75, 3.05) is 20.3 Å². The fourth-order valence-corrected chi connectivity index (χ4v) is 3.82. The third-order valence-electron chi connectivity index (χ3n) is 5.41. The number of carbonyl (C=O) groups is 1. The molecule has 0 bridgehead atoms. The number of carbonyl (C=O) groups excluding carboxylic acids is 1. The van der Waals surface area contributed by atoms with Gasteiger partial charge in [-0.25, -0.2) is 4.39 Å². The minimum absolute atomic E-state index is 0.184. The fraction of sp³-hybridized carbons (Fsp3) is 0.364. The van der Waals surface area contributed by atoms with Gasteiger partial charge < -0.3 is 24.5 Å². The maximum absolute atomic E-state index is 14.1. The number of rotatable bonds is 5. The van der Waals surface area contributed by atoms with E-state index >= 15 is 0 Å². The monoisotopic (exact) mass is 413 g/mol. The van der Waals surface area contributed by atoms with Gasteiger partial charge in [-0.15, -0.1) is 0 Å². The number of fused-ring (bicyclic) bond motifs is 1. The van der Waals surface area contributed by atoms with Gasteiger partial charge in [0.05, 0.1) is 36.9 Å². The van der Waals surface area contributed by atoms with Crippen LogP contribution in [0.1, 0.15) is 27.9 Å². The van der Waals surface area contributed by atoms with Crippen LogP contribution in [-0.2, 0) is 11.3 Å². The second kappa shape index (κ2) is 8.41. The van der Waals surface area contributed by atoms with Gasteiger partial charge in [-0.2, -0.15) is 0 Å². The maximum atomic E-state index is 14.1. The first-order valence-corrected chi connectivity index (χ1v) is 9.81. The van der Waals surface area contributed by atoms with Crippen molar-refractivity contribution in [3.8, 4) is 5.75 Å². The largest absolute Gasteiger partial charge is 0.494 e. The van der Waals surface area contributed by atoms with Gasteiger partial charge in [-0.3, -0.25) is 9.78 Å². The summed E-state index contributed by atoms with van der Waals surface area (Å²) in [7, 11) is 1.42. The number of ether oxygens (including phenoxy) is 2. The molecule has 3 heterocycles. The van der Waals surface area contributed by atoms with Gasteiger partial charge in [-0.1, -0.05) is 6.07 Å². The molecule has 1 aliphatic rings. The molecule has 0 spiro atoms. The second-order valence-corrected chi connectivity index (χ2v) is 7.48. The SMILES string of the molecule is COc1ccc(Cn2cc(C(=O)NC3CCOC[C@@H]3O)c3nccc(C)c32)cc1F. The molecule has 0 radical (unpaired) electrons. The quantitative estimate of drug-likeness (QED) is 0.671. The molecule has 0 aliphatic carbocycles. The number of hydrogen-bond acceptors (Lipinski definition) is 5. The van der Waals surface area contributed by atoms with Crippen LogP contribution in [0.4, 0.5) is 4.39 Å². The Hall–Kier alpha value is -2.97. The van der Waals surface area contributed by atoms with Gasteiger partial charge >= 0.3 is 0 Å². The van der Waals surface area contributed by atoms with E-state index in [1.54, 1.807) is 24.5 Å². The first kappa shape index (κ1) is 20.3. The molecule has 30 heavy (non-hydrogen) atoms. The number of aliphatic hydroxyl groups is 1. The molecule has 2 aromatic heterocycles. The summed E-state index contributed by atoms with van der Waals surface area (Å²) in [6.45, 7) is 3.01. The number of aryl methyl sites for hydroxylation is 1. The Morgan fingerprint density at radius 3 is 3.00 bits per heavy atom. The number of nitrogens with one attached hydrogen (secondary N) is 1. The molecule has 1 amide bonds. The highest BCUT2D eigenvalue weighted by Crippen LogP contribution is 2.25. The number of nitrogens with zero attached hydrogens (tertiary/aromatic N) is 2.